The van der Waals surface area contributed by atoms with Crippen molar-refractivity contribution >= 4 is 0 Å². The normalized spacial score (nSPS) is 30.3. The van der Waals surface area contributed by atoms with E-state index in [-0.39, 0.29) is 11.2 Å². The molecule has 0 spiro atoms. The van der Waals surface area contributed by atoms with Crippen LogP contribution in [-0.4, -0.2) is 0 Å². The van der Waals surface area contributed by atoms with Crippen LogP contribution >= 0.6 is 0 Å². The summed E-state index contributed by atoms with van der Waals surface area (Å²) in [7, 11) is 0. The van der Waals surface area contributed by atoms with Crippen LogP contribution in [0, 0.1) is 5.41 Å². The quantitative estimate of drug-likeness (QED) is 0.570. The van der Waals surface area contributed by atoms with Gasteiger partial charge >= 0.3 is 0 Å². The van der Waals surface area contributed by atoms with Gasteiger partial charge in [-0.1, -0.05) is 32.4 Å². The summed E-state index contributed by atoms with van der Waals surface area (Å²) in [4.78, 5) is 0. The van der Waals surface area contributed by atoms with Gasteiger partial charge in [0.25, 0.3) is 0 Å². The number of hydrogen-bond acceptors (Lipinski definition) is 0. The summed E-state index contributed by atoms with van der Waals surface area (Å²) >= 11 is 0. The molecule has 0 fully saturated rings. The van der Waals surface area contributed by atoms with E-state index >= 15 is 0 Å². The Morgan fingerprint density at radius 3 is 2.91 bits per heavy atom. The summed E-state index contributed by atoms with van der Waals surface area (Å²) in [6, 6.07) is 0. The Labute approximate surface area is 67.8 Å². The number of hydrogen-bond donors (Lipinski definition) is 0. The molecule has 0 radical (unpaired) electrons. The molecule has 0 bridgehead atoms. The molecule has 0 aromatic rings. The molecule has 0 saturated carbocycles. The van der Waals surface area contributed by atoms with Crippen molar-refractivity contribution in [3.8, 4) is 0 Å². The van der Waals surface area contributed by atoms with Gasteiger partial charge in [0.05, 0.1) is 0 Å². The third-order valence-corrected chi connectivity index (χ3v) is 2.17. The minimum atomic E-state index is 0.0171. The van der Waals surface area contributed by atoms with E-state index in [4.69, 9.17) is 0 Å². The summed E-state index contributed by atoms with van der Waals surface area (Å²) in [5, 5.41) is 0. The van der Waals surface area contributed by atoms with Gasteiger partial charge in [-0.2, -0.15) is 0 Å². The zero-order chi connectivity index (χ0) is 8.32. The highest BCUT2D eigenvalue weighted by Crippen LogP contribution is 2.35. The third kappa shape index (κ3) is 2.18. The van der Waals surface area contributed by atoms with E-state index in [1.165, 1.54) is 0 Å². The molecule has 1 unspecified atom stereocenters. The fourth-order valence-electron chi connectivity index (χ4n) is 1.63. The second-order valence-electron chi connectivity index (χ2n) is 3.55. The van der Waals surface area contributed by atoms with Gasteiger partial charge in [-0.15, -0.1) is 0 Å². The molecule has 0 nitrogen and oxygen atoms in total. The Morgan fingerprint density at radius 2 is 2.36 bits per heavy atom. The Kier molecular flexibility index (Phi) is 2.48. The molecule has 11 heavy (non-hydrogen) atoms. The van der Waals surface area contributed by atoms with Crippen LogP contribution < -0.4 is 0 Å². The molecule has 0 aromatic carbocycles. The first kappa shape index (κ1) is 8.51. The van der Waals surface area contributed by atoms with Crippen LogP contribution in [0.3, 0.4) is 0 Å². The highest BCUT2D eigenvalue weighted by molar-refractivity contribution is 5.19. The molecule has 0 saturated heterocycles. The Balaban J connectivity index is 2.62. The van der Waals surface area contributed by atoms with Crippen LogP contribution in [0.15, 0.2) is 24.1 Å². The van der Waals surface area contributed by atoms with Crippen LogP contribution in [0.1, 0.15) is 33.1 Å². The van der Waals surface area contributed by atoms with Crippen molar-refractivity contribution in [2.45, 2.75) is 33.1 Å². The van der Waals surface area contributed by atoms with Gasteiger partial charge in [-0.25, -0.2) is 4.39 Å². The van der Waals surface area contributed by atoms with Crippen molar-refractivity contribution in [1.29, 1.82) is 0 Å². The second kappa shape index (κ2) is 3.21. The number of allylic oxidation sites excluding steroid dienone is 4. The zero-order valence-corrected chi connectivity index (χ0v) is 7.23. The van der Waals surface area contributed by atoms with Crippen LogP contribution in [-0.2, 0) is 0 Å². The van der Waals surface area contributed by atoms with E-state index in [1.54, 1.807) is 6.08 Å². The molecule has 62 valence electrons. The summed E-state index contributed by atoms with van der Waals surface area (Å²) in [6.45, 7) is 4.24. The predicted octanol–water partition coefficient (Wildman–Crippen LogP) is 3.61. The van der Waals surface area contributed by atoms with Crippen LogP contribution in [0.25, 0.3) is 0 Å². The largest absolute Gasteiger partial charge is 0.212 e. The average molecular weight is 154 g/mol. The lowest BCUT2D eigenvalue weighted by Gasteiger charge is -2.26. The smallest absolute Gasteiger partial charge is 0.101 e. The maximum absolute atomic E-state index is 12.8. The number of rotatable bonds is 2. The van der Waals surface area contributed by atoms with Gasteiger partial charge < -0.3 is 0 Å². The molecule has 0 amide bonds. The molecule has 0 aromatic heterocycles. The first-order valence-electron chi connectivity index (χ1n) is 4.20. The molecule has 1 aliphatic rings. The molecule has 0 aliphatic heterocycles. The van der Waals surface area contributed by atoms with E-state index < -0.39 is 0 Å². The van der Waals surface area contributed by atoms with Crippen molar-refractivity contribution in [2.24, 2.45) is 5.41 Å². The van der Waals surface area contributed by atoms with Crippen molar-refractivity contribution in [3.05, 3.63) is 24.1 Å². The lowest BCUT2D eigenvalue weighted by Crippen LogP contribution is -2.14. The number of halogens is 1. The molecule has 1 atom stereocenters. The van der Waals surface area contributed by atoms with Gasteiger partial charge in [0, 0.05) is 6.42 Å². The molecular weight excluding hydrogens is 139 g/mol. The molecule has 1 heteroatoms. The van der Waals surface area contributed by atoms with Gasteiger partial charge in [0.1, 0.15) is 5.83 Å². The molecule has 0 heterocycles. The maximum atomic E-state index is 12.8. The van der Waals surface area contributed by atoms with Gasteiger partial charge in [-0.3, -0.25) is 0 Å². The highest BCUT2D eigenvalue weighted by atomic mass is 19.1. The van der Waals surface area contributed by atoms with E-state index in [2.05, 4.69) is 19.9 Å². The lowest BCUT2D eigenvalue weighted by molar-refractivity contribution is 0.346. The SMILES string of the molecule is CCCC1(C)C=CC=C(F)C1. The van der Waals surface area contributed by atoms with Crippen molar-refractivity contribution in [2.75, 3.05) is 0 Å². The van der Waals surface area contributed by atoms with Crippen molar-refractivity contribution in [3.63, 3.8) is 0 Å². The third-order valence-electron chi connectivity index (χ3n) is 2.17. The van der Waals surface area contributed by atoms with E-state index in [1.807, 2.05) is 6.08 Å². The lowest BCUT2D eigenvalue weighted by atomic mass is 9.79. The first-order valence-corrected chi connectivity index (χ1v) is 4.20. The maximum Gasteiger partial charge on any atom is 0.101 e. The van der Waals surface area contributed by atoms with Gasteiger partial charge in [-0.05, 0) is 17.9 Å². The Hall–Kier alpha value is -0.590. The molecule has 1 aliphatic carbocycles. The minimum Gasteiger partial charge on any atom is -0.212 e. The standard InChI is InChI=1S/C10H15F/c1-3-6-10(2)7-4-5-9(11)8-10/h4-5,7H,3,6,8H2,1-2H3. The first-order chi connectivity index (χ1) is 5.16. The van der Waals surface area contributed by atoms with Crippen molar-refractivity contribution < 1.29 is 4.39 Å². The highest BCUT2D eigenvalue weighted by Gasteiger charge is 2.23. The summed E-state index contributed by atoms with van der Waals surface area (Å²) in [6.07, 6.45) is 8.27. The minimum absolute atomic E-state index is 0.0171. The van der Waals surface area contributed by atoms with Crippen LogP contribution in [0.5, 0.6) is 0 Å². The van der Waals surface area contributed by atoms with Gasteiger partial charge in [0.15, 0.2) is 0 Å². The summed E-state index contributed by atoms with van der Waals surface area (Å²) in [5.74, 6) is 0.0171. The fourth-order valence-corrected chi connectivity index (χ4v) is 1.63. The van der Waals surface area contributed by atoms with E-state index in [9.17, 15) is 4.39 Å². The molecular formula is C10H15F. The topological polar surface area (TPSA) is 0 Å². The summed E-state index contributed by atoms with van der Waals surface area (Å²) in [5.41, 5.74) is 0.0770. The van der Waals surface area contributed by atoms with Crippen molar-refractivity contribution in [1.82, 2.24) is 0 Å². The van der Waals surface area contributed by atoms with E-state index in [0.29, 0.717) is 6.42 Å². The molecule has 1 rings (SSSR count). The van der Waals surface area contributed by atoms with Gasteiger partial charge in [0.2, 0.25) is 0 Å². The zero-order valence-electron chi connectivity index (χ0n) is 7.23. The Bertz CT molecular complexity index is 191. The Morgan fingerprint density at radius 1 is 1.64 bits per heavy atom. The van der Waals surface area contributed by atoms with Crippen LogP contribution in [0.2, 0.25) is 0 Å². The summed E-state index contributed by atoms with van der Waals surface area (Å²) < 4.78 is 12.8. The predicted molar refractivity (Wildman–Crippen MR) is 46.0 cm³/mol. The van der Waals surface area contributed by atoms with E-state index in [0.717, 1.165) is 12.8 Å². The second-order valence-corrected chi connectivity index (χ2v) is 3.55. The van der Waals surface area contributed by atoms with Crippen LogP contribution in [0.4, 0.5) is 4.39 Å². The monoisotopic (exact) mass is 154 g/mol. The fraction of sp³-hybridized carbons (Fsp3) is 0.600. The average Bonchev–Trinajstić information content (AvgIpc) is 1.86. The molecule has 0 N–H and O–H groups in total.